The van der Waals surface area contributed by atoms with Gasteiger partial charge in [0.1, 0.15) is 11.9 Å². The van der Waals surface area contributed by atoms with Crippen LogP contribution in [0.4, 0.5) is 0 Å². The second-order valence-corrected chi connectivity index (χ2v) is 12.0. The zero-order chi connectivity index (χ0) is 30.3. The molecule has 11 heteroatoms. The van der Waals surface area contributed by atoms with Gasteiger partial charge in [0, 0.05) is 27.8 Å². The van der Waals surface area contributed by atoms with Crippen LogP contribution in [-0.4, -0.2) is 66.6 Å². The predicted octanol–water partition coefficient (Wildman–Crippen LogP) is 3.60. The van der Waals surface area contributed by atoms with Crippen molar-refractivity contribution in [1.82, 2.24) is 15.5 Å². The smallest absolute Gasteiger partial charge is 0.251 e. The van der Waals surface area contributed by atoms with E-state index in [2.05, 4.69) is 29.7 Å². The molecule has 10 nitrogen and oxygen atoms in total. The number of nitrogen functional groups attached to an aromatic ring is 1. The molecule has 43 heavy (non-hydrogen) atoms. The van der Waals surface area contributed by atoms with Crippen LogP contribution in [0.15, 0.2) is 60.0 Å². The van der Waals surface area contributed by atoms with Crippen LogP contribution in [-0.2, 0) is 19.1 Å². The Bertz CT molecular complexity index is 1760. The number of nitrogens with two attached hydrogens (primary N) is 1. The molecule has 1 aromatic heterocycles. The largest absolute Gasteiger partial charge is 0.384 e. The number of amidine groups is 1. The maximum Gasteiger partial charge on any atom is 0.251 e. The van der Waals surface area contributed by atoms with Gasteiger partial charge in [0.05, 0.1) is 32.3 Å². The van der Waals surface area contributed by atoms with E-state index in [4.69, 9.17) is 20.6 Å². The molecule has 0 bridgehead atoms. The molecule has 3 heterocycles. The topological polar surface area (TPSA) is 147 Å². The molecule has 0 aliphatic carbocycles. The van der Waals surface area contributed by atoms with Gasteiger partial charge < -0.3 is 30.7 Å². The lowest BCUT2D eigenvalue weighted by atomic mass is 9.96. The fourth-order valence-electron chi connectivity index (χ4n) is 5.94. The summed E-state index contributed by atoms with van der Waals surface area (Å²) in [6.07, 6.45) is 0.187. The third-order valence-corrected chi connectivity index (χ3v) is 9.35. The number of hydrogen-bond acceptors (Lipinski definition) is 7. The molecular formula is C32H33N5O5S. The molecule has 2 aliphatic heterocycles. The monoisotopic (exact) mass is 599 g/mol. The average molecular weight is 600 g/mol. The summed E-state index contributed by atoms with van der Waals surface area (Å²) >= 11 is 1.39. The molecule has 0 unspecified atom stereocenters. The van der Waals surface area contributed by atoms with Gasteiger partial charge >= 0.3 is 0 Å². The molecule has 3 amide bonds. The van der Waals surface area contributed by atoms with E-state index in [9.17, 15) is 14.4 Å². The van der Waals surface area contributed by atoms with Crippen molar-refractivity contribution in [3.05, 3.63) is 81.5 Å². The fraction of sp³-hybridized carbons (Fsp3) is 0.312. The molecule has 2 saturated heterocycles. The molecule has 3 aromatic carbocycles. The summed E-state index contributed by atoms with van der Waals surface area (Å²) in [5, 5.41) is 19.4. The zero-order valence-corrected chi connectivity index (χ0v) is 24.8. The Morgan fingerprint density at radius 3 is 2.56 bits per heavy atom. The van der Waals surface area contributed by atoms with Crippen LogP contribution in [0.2, 0.25) is 0 Å². The highest BCUT2D eigenvalue weighted by Gasteiger charge is 2.52. The minimum absolute atomic E-state index is 0.0413. The molecule has 0 radical (unpaired) electrons. The number of ether oxygens (including phenoxy) is 2. The molecule has 2 fully saturated rings. The standard InChI is InChI=1S/C32H33N5O5S/c1-18-24-6-4-3-5-20(24)11-22-12-21(7-8-25(18)22)30(39)35-15-28(38)37-17-32(41-9-10-42-32)14-26(37)31(40)36-19(2)27-13-23(16-43-27)29(33)34/h3-8,11-13,16,19,26H,9-10,14-15,17H2,1-2H3,(H3,33,34)(H,35,39)(H,36,40)/t19-,26+/m1/s1. The zero-order valence-electron chi connectivity index (χ0n) is 23.9. The normalized spacial score (nSPS) is 18.3. The van der Waals surface area contributed by atoms with E-state index in [1.165, 1.54) is 21.6 Å². The van der Waals surface area contributed by atoms with Gasteiger partial charge in [-0.3, -0.25) is 19.8 Å². The van der Waals surface area contributed by atoms with Crippen molar-refractivity contribution in [3.8, 4) is 0 Å². The number of fused-ring (bicyclic) bond motifs is 2. The van der Waals surface area contributed by atoms with E-state index in [0.29, 0.717) is 24.3 Å². The summed E-state index contributed by atoms with van der Waals surface area (Å²) in [6, 6.07) is 16.3. The van der Waals surface area contributed by atoms with Gasteiger partial charge in [-0.25, -0.2) is 0 Å². The minimum atomic E-state index is -1.05. The molecule has 222 valence electrons. The van der Waals surface area contributed by atoms with Gasteiger partial charge in [-0.15, -0.1) is 11.3 Å². The van der Waals surface area contributed by atoms with Crippen LogP contribution in [0.3, 0.4) is 0 Å². The summed E-state index contributed by atoms with van der Waals surface area (Å²) in [6.45, 7) is 4.47. The Balaban J connectivity index is 1.15. The molecule has 2 aliphatic rings. The van der Waals surface area contributed by atoms with Crippen LogP contribution in [0.5, 0.6) is 0 Å². The number of aryl methyl sites for hydroxylation is 1. The summed E-state index contributed by atoms with van der Waals surface area (Å²) in [5.74, 6) is -2.22. The number of likely N-dealkylation sites (tertiary alicyclic amines) is 1. The second-order valence-electron chi connectivity index (χ2n) is 11.1. The fourth-order valence-corrected chi connectivity index (χ4v) is 6.86. The molecular weight excluding hydrogens is 566 g/mol. The molecule has 2 atom stereocenters. The van der Waals surface area contributed by atoms with Crippen molar-refractivity contribution < 1.29 is 23.9 Å². The lowest BCUT2D eigenvalue weighted by molar-refractivity contribution is -0.152. The third kappa shape index (κ3) is 5.58. The van der Waals surface area contributed by atoms with Gasteiger partial charge in [-0.05, 0) is 65.2 Å². The quantitative estimate of drug-likeness (QED) is 0.145. The van der Waals surface area contributed by atoms with E-state index >= 15 is 0 Å². The Kier molecular flexibility index (Phi) is 7.63. The number of carbonyl (C=O) groups excluding carboxylic acids is 3. The number of carbonyl (C=O) groups is 3. The first kappa shape index (κ1) is 28.8. The van der Waals surface area contributed by atoms with E-state index in [1.54, 1.807) is 17.5 Å². The lowest BCUT2D eigenvalue weighted by Gasteiger charge is -2.25. The lowest BCUT2D eigenvalue weighted by Crippen LogP contribution is -2.49. The van der Waals surface area contributed by atoms with Crippen molar-refractivity contribution >= 4 is 56.4 Å². The highest BCUT2D eigenvalue weighted by molar-refractivity contribution is 7.10. The Labute approximate surface area is 252 Å². The first-order valence-electron chi connectivity index (χ1n) is 14.1. The van der Waals surface area contributed by atoms with Crippen LogP contribution >= 0.6 is 11.3 Å². The van der Waals surface area contributed by atoms with Crippen LogP contribution < -0.4 is 16.4 Å². The van der Waals surface area contributed by atoms with Gasteiger partial charge in [-0.1, -0.05) is 30.3 Å². The van der Waals surface area contributed by atoms with E-state index < -0.39 is 17.7 Å². The van der Waals surface area contributed by atoms with Crippen molar-refractivity contribution in [1.29, 1.82) is 5.41 Å². The summed E-state index contributed by atoms with van der Waals surface area (Å²) in [7, 11) is 0. The minimum Gasteiger partial charge on any atom is -0.384 e. The summed E-state index contributed by atoms with van der Waals surface area (Å²) in [5.41, 5.74) is 7.77. The molecule has 4 aromatic rings. The number of rotatable bonds is 7. The van der Waals surface area contributed by atoms with Gasteiger partial charge in [0.15, 0.2) is 5.79 Å². The Hall–Kier alpha value is -4.32. The highest BCUT2D eigenvalue weighted by Crippen LogP contribution is 2.35. The highest BCUT2D eigenvalue weighted by atomic mass is 32.1. The summed E-state index contributed by atoms with van der Waals surface area (Å²) in [4.78, 5) is 42.3. The van der Waals surface area contributed by atoms with Gasteiger partial charge in [0.25, 0.3) is 5.91 Å². The van der Waals surface area contributed by atoms with Gasteiger partial charge in [0.2, 0.25) is 11.8 Å². The average Bonchev–Trinajstić information content (AvgIpc) is 3.76. The maximum absolute atomic E-state index is 13.5. The number of thiophene rings is 1. The molecule has 5 N–H and O–H groups in total. The number of nitrogens with one attached hydrogen (secondary N) is 3. The van der Waals surface area contributed by atoms with Crippen LogP contribution in [0.25, 0.3) is 21.5 Å². The first-order valence-corrected chi connectivity index (χ1v) is 15.0. The third-order valence-electron chi connectivity index (χ3n) is 8.24. The first-order chi connectivity index (χ1) is 20.6. The van der Waals surface area contributed by atoms with Crippen molar-refractivity contribution in [3.63, 3.8) is 0 Å². The Morgan fingerprint density at radius 1 is 1.07 bits per heavy atom. The van der Waals surface area contributed by atoms with Crippen molar-refractivity contribution in [2.24, 2.45) is 5.73 Å². The number of nitrogens with zero attached hydrogens (tertiary/aromatic N) is 1. The number of hydrogen-bond donors (Lipinski definition) is 4. The molecule has 6 rings (SSSR count). The number of amides is 3. The van der Waals surface area contributed by atoms with E-state index in [-0.39, 0.29) is 43.2 Å². The molecule has 0 saturated carbocycles. The van der Waals surface area contributed by atoms with Gasteiger partial charge in [-0.2, -0.15) is 0 Å². The predicted molar refractivity (Wildman–Crippen MR) is 165 cm³/mol. The van der Waals surface area contributed by atoms with Crippen molar-refractivity contribution in [2.45, 2.75) is 38.1 Å². The second kappa shape index (κ2) is 11.4. The summed E-state index contributed by atoms with van der Waals surface area (Å²) < 4.78 is 11.7. The van der Waals surface area contributed by atoms with E-state index in [1.807, 2.05) is 37.3 Å². The SMILES string of the molecule is Cc1c2ccccc2cc2cc(C(=O)NCC(=O)N3CC4(C[C@H]3C(=O)N[C@H](C)c3cc(C(=N)N)cs3)OCCO4)ccc12. The van der Waals surface area contributed by atoms with E-state index in [0.717, 1.165) is 26.6 Å². The molecule has 1 spiro atoms. The van der Waals surface area contributed by atoms with Crippen LogP contribution in [0.1, 0.15) is 45.7 Å². The number of benzene rings is 3. The van der Waals surface area contributed by atoms with Crippen molar-refractivity contribution in [2.75, 3.05) is 26.3 Å². The maximum atomic E-state index is 13.5. The Morgan fingerprint density at radius 2 is 1.81 bits per heavy atom. The van der Waals surface area contributed by atoms with Crippen LogP contribution in [0, 0.1) is 12.3 Å².